The number of aromatic nitrogens is 1. The van der Waals surface area contributed by atoms with Crippen molar-refractivity contribution < 1.29 is 4.74 Å². The predicted molar refractivity (Wildman–Crippen MR) is 107 cm³/mol. The van der Waals surface area contributed by atoms with Crippen LogP contribution in [0.2, 0.25) is 0 Å². The Morgan fingerprint density at radius 2 is 2.00 bits per heavy atom. The van der Waals surface area contributed by atoms with Crippen LogP contribution in [0.4, 0.5) is 0 Å². The summed E-state index contributed by atoms with van der Waals surface area (Å²) in [5.41, 5.74) is 1.21. The minimum absolute atomic E-state index is 0.174. The van der Waals surface area contributed by atoms with Gasteiger partial charge in [-0.2, -0.15) is 0 Å². The lowest BCUT2D eigenvalue weighted by molar-refractivity contribution is 0.131. The van der Waals surface area contributed by atoms with Crippen molar-refractivity contribution >= 4 is 0 Å². The van der Waals surface area contributed by atoms with Gasteiger partial charge in [0.05, 0.1) is 0 Å². The molecule has 1 fully saturated rings. The summed E-state index contributed by atoms with van der Waals surface area (Å²) < 4.78 is 6.26. The third-order valence-electron chi connectivity index (χ3n) is 5.43. The SMILES string of the molecule is C=CCC[C@@H](CN1C[C@H]2CC=CC[C@H]2C1)Oc1ccc(CN(C)C)cn1. The van der Waals surface area contributed by atoms with Crippen LogP contribution >= 0.6 is 0 Å². The maximum Gasteiger partial charge on any atom is 0.213 e. The van der Waals surface area contributed by atoms with Gasteiger partial charge in [-0.05, 0) is 57.2 Å². The first-order chi connectivity index (χ1) is 12.6. The quantitative estimate of drug-likeness (QED) is 0.631. The zero-order valence-corrected chi connectivity index (χ0v) is 16.3. The molecule has 1 saturated heterocycles. The van der Waals surface area contributed by atoms with Gasteiger partial charge >= 0.3 is 0 Å². The summed E-state index contributed by atoms with van der Waals surface area (Å²) in [6.45, 7) is 8.17. The molecule has 0 radical (unpaired) electrons. The Labute approximate surface area is 158 Å². The van der Waals surface area contributed by atoms with Crippen molar-refractivity contribution in [1.29, 1.82) is 0 Å². The standard InChI is InChI=1S/C22H33N3O/c1-4-5-10-21(17-25-15-19-8-6-7-9-20(19)16-25)26-22-12-11-18(13-23-22)14-24(2)3/h4,6-7,11-13,19-21H,1,5,8-10,14-17H2,2-3H3/t19-,20+,21-/m0/s1. The topological polar surface area (TPSA) is 28.6 Å². The van der Waals surface area contributed by atoms with Gasteiger partial charge < -0.3 is 9.64 Å². The van der Waals surface area contributed by atoms with E-state index in [0.29, 0.717) is 0 Å². The molecule has 0 spiro atoms. The van der Waals surface area contributed by atoms with Crippen LogP contribution in [-0.2, 0) is 6.54 Å². The van der Waals surface area contributed by atoms with Crippen molar-refractivity contribution in [1.82, 2.24) is 14.8 Å². The molecule has 4 heteroatoms. The zero-order valence-electron chi connectivity index (χ0n) is 16.3. The summed E-state index contributed by atoms with van der Waals surface area (Å²) in [6, 6.07) is 4.12. The molecule has 0 amide bonds. The second kappa shape index (κ2) is 9.33. The predicted octanol–water partition coefficient (Wildman–Crippen LogP) is 3.75. The fraction of sp³-hybridized carbons (Fsp3) is 0.591. The Morgan fingerprint density at radius 3 is 2.58 bits per heavy atom. The minimum Gasteiger partial charge on any atom is -0.473 e. The van der Waals surface area contributed by atoms with E-state index in [0.717, 1.165) is 43.6 Å². The van der Waals surface area contributed by atoms with E-state index in [-0.39, 0.29) is 6.10 Å². The fourth-order valence-corrected chi connectivity index (χ4v) is 4.15. The largest absolute Gasteiger partial charge is 0.473 e. The van der Waals surface area contributed by atoms with E-state index in [9.17, 15) is 0 Å². The van der Waals surface area contributed by atoms with Crippen LogP contribution < -0.4 is 4.74 Å². The van der Waals surface area contributed by atoms with Crippen molar-refractivity contribution in [3.63, 3.8) is 0 Å². The molecular formula is C22H33N3O. The second-order valence-corrected chi connectivity index (χ2v) is 8.03. The Kier molecular flexibility index (Phi) is 6.86. The van der Waals surface area contributed by atoms with Gasteiger partial charge in [-0.3, -0.25) is 4.90 Å². The van der Waals surface area contributed by atoms with Crippen LogP contribution in [0.5, 0.6) is 5.88 Å². The Morgan fingerprint density at radius 1 is 1.27 bits per heavy atom. The number of likely N-dealkylation sites (tertiary alicyclic amines) is 1. The van der Waals surface area contributed by atoms with Gasteiger partial charge in [0.15, 0.2) is 0 Å². The van der Waals surface area contributed by atoms with E-state index in [1.54, 1.807) is 0 Å². The summed E-state index contributed by atoms with van der Waals surface area (Å²) in [5.74, 6) is 2.41. The number of rotatable bonds is 9. The van der Waals surface area contributed by atoms with Gasteiger partial charge in [0.25, 0.3) is 0 Å². The van der Waals surface area contributed by atoms with Gasteiger partial charge in [0.2, 0.25) is 5.88 Å². The van der Waals surface area contributed by atoms with Crippen molar-refractivity contribution in [2.24, 2.45) is 11.8 Å². The first-order valence-corrected chi connectivity index (χ1v) is 9.88. The summed E-state index contributed by atoms with van der Waals surface area (Å²) in [6.07, 6.45) is 13.3. The number of nitrogens with zero attached hydrogens (tertiary/aromatic N) is 3. The van der Waals surface area contributed by atoms with Crippen molar-refractivity contribution in [3.05, 3.63) is 48.7 Å². The molecule has 0 saturated carbocycles. The molecule has 142 valence electrons. The molecule has 0 unspecified atom stereocenters. The second-order valence-electron chi connectivity index (χ2n) is 8.03. The molecule has 0 N–H and O–H groups in total. The van der Waals surface area contributed by atoms with E-state index in [4.69, 9.17) is 4.74 Å². The van der Waals surface area contributed by atoms with Gasteiger partial charge in [0.1, 0.15) is 6.10 Å². The number of fused-ring (bicyclic) bond motifs is 1. The minimum atomic E-state index is 0.174. The molecule has 0 aromatic carbocycles. The molecule has 1 aromatic rings. The average Bonchev–Trinajstić information content (AvgIpc) is 3.03. The van der Waals surface area contributed by atoms with Gasteiger partial charge in [0, 0.05) is 38.4 Å². The van der Waals surface area contributed by atoms with Crippen molar-refractivity contribution in [2.75, 3.05) is 33.7 Å². The monoisotopic (exact) mass is 355 g/mol. The van der Waals surface area contributed by atoms with Gasteiger partial charge in [-0.1, -0.05) is 24.3 Å². The lowest BCUT2D eigenvalue weighted by Gasteiger charge is -2.24. The highest BCUT2D eigenvalue weighted by Gasteiger charge is 2.33. The first kappa shape index (κ1) is 19.1. The van der Waals surface area contributed by atoms with Crippen LogP contribution in [0.25, 0.3) is 0 Å². The number of hydrogen-bond acceptors (Lipinski definition) is 4. The molecule has 2 heterocycles. The van der Waals surface area contributed by atoms with Crippen LogP contribution in [0.3, 0.4) is 0 Å². The molecule has 3 rings (SSSR count). The highest BCUT2D eigenvalue weighted by molar-refractivity contribution is 5.18. The highest BCUT2D eigenvalue weighted by Crippen LogP contribution is 2.33. The number of pyridine rings is 1. The van der Waals surface area contributed by atoms with Gasteiger partial charge in [-0.25, -0.2) is 4.98 Å². The normalized spacial score (nSPS) is 23.8. The zero-order chi connectivity index (χ0) is 18.4. The summed E-state index contributed by atoms with van der Waals surface area (Å²) in [5, 5.41) is 0. The first-order valence-electron chi connectivity index (χ1n) is 9.88. The van der Waals surface area contributed by atoms with Crippen LogP contribution in [0, 0.1) is 11.8 Å². The molecule has 0 bridgehead atoms. The van der Waals surface area contributed by atoms with Crippen LogP contribution in [0.15, 0.2) is 43.1 Å². The third-order valence-corrected chi connectivity index (χ3v) is 5.43. The maximum absolute atomic E-state index is 6.26. The van der Waals surface area contributed by atoms with E-state index >= 15 is 0 Å². The van der Waals surface area contributed by atoms with E-state index in [1.165, 1.54) is 31.5 Å². The number of allylic oxidation sites excluding steroid dienone is 3. The third kappa shape index (κ3) is 5.42. The average molecular weight is 356 g/mol. The van der Waals surface area contributed by atoms with Gasteiger partial charge in [-0.15, -0.1) is 6.58 Å². The number of hydrogen-bond donors (Lipinski definition) is 0. The molecule has 26 heavy (non-hydrogen) atoms. The molecule has 2 aliphatic rings. The number of ether oxygens (including phenoxy) is 1. The maximum atomic E-state index is 6.26. The Balaban J connectivity index is 1.56. The van der Waals surface area contributed by atoms with E-state index < -0.39 is 0 Å². The molecular weight excluding hydrogens is 322 g/mol. The Bertz CT molecular complexity index is 580. The van der Waals surface area contributed by atoms with Crippen LogP contribution in [-0.4, -0.2) is 54.6 Å². The summed E-state index contributed by atoms with van der Waals surface area (Å²) >= 11 is 0. The molecule has 1 aromatic heterocycles. The van der Waals surface area contributed by atoms with Crippen molar-refractivity contribution in [3.8, 4) is 5.88 Å². The van der Waals surface area contributed by atoms with Crippen LogP contribution in [0.1, 0.15) is 31.2 Å². The van der Waals surface area contributed by atoms with E-state index in [2.05, 4.69) is 53.7 Å². The summed E-state index contributed by atoms with van der Waals surface area (Å²) in [4.78, 5) is 9.26. The van der Waals surface area contributed by atoms with E-state index in [1.807, 2.05) is 18.3 Å². The lowest BCUT2D eigenvalue weighted by atomic mass is 9.86. The Hall–Kier alpha value is -1.65. The van der Waals surface area contributed by atoms with Crippen molar-refractivity contribution in [2.45, 2.75) is 38.3 Å². The molecule has 1 aliphatic heterocycles. The molecule has 4 nitrogen and oxygen atoms in total. The summed E-state index contributed by atoms with van der Waals surface area (Å²) in [7, 11) is 4.14. The lowest BCUT2D eigenvalue weighted by Crippen LogP contribution is -2.34. The fourth-order valence-electron chi connectivity index (χ4n) is 4.15. The molecule has 3 atom stereocenters. The smallest absolute Gasteiger partial charge is 0.213 e. The highest BCUT2D eigenvalue weighted by atomic mass is 16.5. The molecule has 1 aliphatic carbocycles.